The van der Waals surface area contributed by atoms with Crippen LogP contribution in [0.15, 0.2) is 23.7 Å². The van der Waals surface area contributed by atoms with Gasteiger partial charge in [-0.05, 0) is 6.42 Å². The zero-order valence-electron chi connectivity index (χ0n) is 10.4. The topological polar surface area (TPSA) is 74.6 Å². The second kappa shape index (κ2) is 8.56. The zero-order valence-corrected chi connectivity index (χ0v) is 10.4. The van der Waals surface area contributed by atoms with E-state index in [9.17, 15) is 19.8 Å². The highest BCUT2D eigenvalue weighted by molar-refractivity contribution is 5.92. The summed E-state index contributed by atoms with van der Waals surface area (Å²) in [5.41, 5.74) is 0. The molecule has 96 valence electrons. The van der Waals surface area contributed by atoms with Gasteiger partial charge in [0, 0.05) is 25.0 Å². The average Bonchev–Trinajstić information content (AvgIpc) is 2.28. The second-order valence-electron chi connectivity index (χ2n) is 3.80. The van der Waals surface area contributed by atoms with E-state index in [4.69, 9.17) is 0 Å². The maximum absolute atomic E-state index is 11.3. The molecule has 0 heterocycles. The van der Waals surface area contributed by atoms with Gasteiger partial charge < -0.3 is 10.2 Å². The Balaban J connectivity index is 4.37. The van der Waals surface area contributed by atoms with Gasteiger partial charge in [0.05, 0.1) is 0 Å². The Morgan fingerprint density at radius 1 is 0.941 bits per heavy atom. The Kier molecular flexibility index (Phi) is 7.76. The van der Waals surface area contributed by atoms with E-state index in [0.717, 1.165) is 31.4 Å². The predicted octanol–water partition coefficient (Wildman–Crippen LogP) is 3.00. The van der Waals surface area contributed by atoms with E-state index in [2.05, 4.69) is 0 Å². The first-order valence-electron chi connectivity index (χ1n) is 5.88. The number of carbonyl (C=O) groups excluding carboxylic acids is 2. The SMILES string of the molecule is CCCCCC(=O)/C=C(O)/C(O)=C/C(=O)CC. The lowest BCUT2D eigenvalue weighted by Gasteiger charge is -1.99. The molecule has 17 heavy (non-hydrogen) atoms. The standard InChI is InChI=1S/C13H20O4/c1-3-5-6-7-11(15)9-13(17)12(16)8-10(14)4-2/h8-9,16-17H,3-7H2,1-2H3/b12-8-,13-9-. The van der Waals surface area contributed by atoms with E-state index in [0.29, 0.717) is 6.42 Å². The number of hydrogen-bond donors (Lipinski definition) is 2. The molecule has 0 fully saturated rings. The van der Waals surface area contributed by atoms with Crippen molar-refractivity contribution >= 4 is 11.6 Å². The number of ketones is 2. The van der Waals surface area contributed by atoms with Gasteiger partial charge in [0.25, 0.3) is 0 Å². The molecule has 0 atom stereocenters. The van der Waals surface area contributed by atoms with E-state index in [1.54, 1.807) is 6.92 Å². The minimum Gasteiger partial charge on any atom is -0.504 e. The van der Waals surface area contributed by atoms with E-state index < -0.39 is 11.5 Å². The fourth-order valence-electron chi connectivity index (χ4n) is 1.18. The number of aliphatic hydroxyl groups excluding tert-OH is 2. The van der Waals surface area contributed by atoms with Crippen LogP contribution < -0.4 is 0 Å². The Labute approximate surface area is 102 Å². The number of allylic oxidation sites excluding steroid dienone is 2. The fraction of sp³-hybridized carbons (Fsp3) is 0.538. The molecular formula is C13H20O4. The van der Waals surface area contributed by atoms with Crippen molar-refractivity contribution in [1.29, 1.82) is 0 Å². The number of rotatable bonds is 8. The quantitative estimate of drug-likeness (QED) is 0.296. The third kappa shape index (κ3) is 7.33. The van der Waals surface area contributed by atoms with Crippen molar-refractivity contribution in [3.63, 3.8) is 0 Å². The third-order valence-electron chi connectivity index (χ3n) is 2.23. The summed E-state index contributed by atoms with van der Waals surface area (Å²) in [6, 6.07) is 0. The van der Waals surface area contributed by atoms with E-state index in [1.165, 1.54) is 0 Å². The molecule has 0 aliphatic rings. The average molecular weight is 240 g/mol. The van der Waals surface area contributed by atoms with Crippen molar-refractivity contribution < 1.29 is 19.8 Å². The molecule has 0 saturated heterocycles. The van der Waals surface area contributed by atoms with Gasteiger partial charge in [0.2, 0.25) is 0 Å². The maximum atomic E-state index is 11.3. The first-order chi connectivity index (χ1) is 8.01. The van der Waals surface area contributed by atoms with Crippen molar-refractivity contribution in [2.24, 2.45) is 0 Å². The minimum atomic E-state index is -0.555. The number of unbranched alkanes of at least 4 members (excludes halogenated alkanes) is 2. The monoisotopic (exact) mass is 240 g/mol. The maximum Gasteiger partial charge on any atom is 0.161 e. The lowest BCUT2D eigenvalue weighted by molar-refractivity contribution is -0.115. The van der Waals surface area contributed by atoms with Gasteiger partial charge in [-0.2, -0.15) is 0 Å². The summed E-state index contributed by atoms with van der Waals surface area (Å²) in [4.78, 5) is 22.3. The molecule has 0 aliphatic carbocycles. The first-order valence-corrected chi connectivity index (χ1v) is 5.88. The van der Waals surface area contributed by atoms with Crippen molar-refractivity contribution in [3.8, 4) is 0 Å². The molecule has 0 saturated carbocycles. The van der Waals surface area contributed by atoms with Crippen LogP contribution in [0.25, 0.3) is 0 Å². The summed E-state index contributed by atoms with van der Waals surface area (Å²) in [6.07, 6.45) is 5.19. The smallest absolute Gasteiger partial charge is 0.161 e. The summed E-state index contributed by atoms with van der Waals surface area (Å²) in [5, 5.41) is 18.7. The molecule has 0 radical (unpaired) electrons. The van der Waals surface area contributed by atoms with Crippen molar-refractivity contribution in [2.75, 3.05) is 0 Å². The molecule has 2 N–H and O–H groups in total. The van der Waals surface area contributed by atoms with Crippen LogP contribution in [0.5, 0.6) is 0 Å². The molecule has 0 aliphatic heterocycles. The number of carbonyl (C=O) groups is 2. The summed E-state index contributed by atoms with van der Waals surface area (Å²) in [7, 11) is 0. The second-order valence-corrected chi connectivity index (χ2v) is 3.80. The highest BCUT2D eigenvalue weighted by atomic mass is 16.3. The van der Waals surface area contributed by atoms with Gasteiger partial charge in [-0.1, -0.05) is 26.7 Å². The van der Waals surface area contributed by atoms with Crippen LogP contribution in [0, 0.1) is 0 Å². The molecule has 0 bridgehead atoms. The summed E-state index contributed by atoms with van der Waals surface area (Å²) < 4.78 is 0. The molecular weight excluding hydrogens is 220 g/mol. The van der Waals surface area contributed by atoms with Gasteiger partial charge in [-0.15, -0.1) is 0 Å². The third-order valence-corrected chi connectivity index (χ3v) is 2.23. The van der Waals surface area contributed by atoms with Crippen LogP contribution in [0.2, 0.25) is 0 Å². The van der Waals surface area contributed by atoms with Crippen LogP contribution in [0.4, 0.5) is 0 Å². The predicted molar refractivity (Wildman–Crippen MR) is 65.9 cm³/mol. The van der Waals surface area contributed by atoms with Crippen molar-refractivity contribution in [1.82, 2.24) is 0 Å². The molecule has 0 amide bonds. The Morgan fingerprint density at radius 2 is 1.47 bits per heavy atom. The molecule has 0 spiro atoms. The van der Waals surface area contributed by atoms with E-state index in [-0.39, 0.29) is 18.0 Å². The molecule has 0 rings (SSSR count). The van der Waals surface area contributed by atoms with Gasteiger partial charge >= 0.3 is 0 Å². The van der Waals surface area contributed by atoms with Gasteiger partial charge in [0.1, 0.15) is 0 Å². The largest absolute Gasteiger partial charge is 0.504 e. The molecule has 0 aromatic heterocycles. The molecule has 0 aromatic rings. The summed E-state index contributed by atoms with van der Waals surface area (Å²) >= 11 is 0. The van der Waals surface area contributed by atoms with Crippen LogP contribution in [-0.2, 0) is 9.59 Å². The van der Waals surface area contributed by atoms with E-state index in [1.807, 2.05) is 6.92 Å². The van der Waals surface area contributed by atoms with E-state index >= 15 is 0 Å². The summed E-state index contributed by atoms with van der Waals surface area (Å²) in [6.45, 7) is 3.67. The highest BCUT2D eigenvalue weighted by Gasteiger charge is 2.06. The molecule has 0 aromatic carbocycles. The minimum absolute atomic E-state index is 0.238. The van der Waals surface area contributed by atoms with Crippen molar-refractivity contribution in [3.05, 3.63) is 23.7 Å². The Hall–Kier alpha value is -1.58. The highest BCUT2D eigenvalue weighted by Crippen LogP contribution is 2.06. The normalized spacial score (nSPS) is 12.6. The Morgan fingerprint density at radius 3 is 1.94 bits per heavy atom. The molecule has 0 unspecified atom stereocenters. The van der Waals surface area contributed by atoms with Crippen LogP contribution in [0.1, 0.15) is 46.0 Å². The van der Waals surface area contributed by atoms with Crippen LogP contribution in [-0.4, -0.2) is 21.8 Å². The van der Waals surface area contributed by atoms with Gasteiger partial charge in [0.15, 0.2) is 23.1 Å². The van der Waals surface area contributed by atoms with Crippen LogP contribution in [0.3, 0.4) is 0 Å². The first kappa shape index (κ1) is 15.4. The number of hydrogen-bond acceptors (Lipinski definition) is 4. The lowest BCUT2D eigenvalue weighted by Crippen LogP contribution is -1.99. The van der Waals surface area contributed by atoms with Gasteiger partial charge in [-0.3, -0.25) is 9.59 Å². The fourth-order valence-corrected chi connectivity index (χ4v) is 1.18. The summed E-state index contributed by atoms with van der Waals surface area (Å²) in [5.74, 6) is -1.66. The lowest BCUT2D eigenvalue weighted by atomic mass is 10.1. The van der Waals surface area contributed by atoms with Crippen molar-refractivity contribution in [2.45, 2.75) is 46.0 Å². The molecule has 4 heteroatoms. The zero-order chi connectivity index (χ0) is 13.3. The molecule has 4 nitrogen and oxygen atoms in total. The van der Waals surface area contributed by atoms with Gasteiger partial charge in [-0.25, -0.2) is 0 Å². The Bertz CT molecular complexity index is 326. The van der Waals surface area contributed by atoms with Crippen LogP contribution >= 0.6 is 0 Å². The number of aliphatic hydroxyl groups is 2.